The zero-order chi connectivity index (χ0) is 22.1. The molecule has 0 aromatic heterocycles. The van der Waals surface area contributed by atoms with Crippen LogP contribution in [0.1, 0.15) is 39.5 Å². The summed E-state index contributed by atoms with van der Waals surface area (Å²) in [6.07, 6.45) is 9.24. The molecular formula is C21H32N2O6. The summed E-state index contributed by atoms with van der Waals surface area (Å²) < 4.78 is 13.9. The van der Waals surface area contributed by atoms with Crippen LogP contribution < -0.4 is 0 Å². The maximum Gasteiger partial charge on any atom is 0.384 e. The third-order valence-corrected chi connectivity index (χ3v) is 3.86. The Morgan fingerprint density at radius 2 is 1.55 bits per heavy atom. The van der Waals surface area contributed by atoms with Crippen molar-refractivity contribution in [2.24, 2.45) is 0 Å². The molecule has 0 spiro atoms. The van der Waals surface area contributed by atoms with Gasteiger partial charge in [-0.15, -0.1) is 0 Å². The number of hydrogen-bond donors (Lipinski definition) is 0. The van der Waals surface area contributed by atoms with Gasteiger partial charge in [0, 0.05) is 37.0 Å². The molecule has 1 unspecified atom stereocenters. The highest BCUT2D eigenvalue weighted by molar-refractivity contribution is 5.88. The fraction of sp³-hybridized carbons (Fsp3) is 0.571. The number of nitrogens with zero attached hydrogens (tertiary/aromatic N) is 2. The number of esters is 3. The molecule has 0 aliphatic rings. The molecule has 1 atom stereocenters. The van der Waals surface area contributed by atoms with E-state index < -0.39 is 17.9 Å². The predicted molar refractivity (Wildman–Crippen MR) is 109 cm³/mol. The van der Waals surface area contributed by atoms with Crippen LogP contribution in [0, 0.1) is 11.8 Å². The Morgan fingerprint density at radius 1 is 0.931 bits per heavy atom. The van der Waals surface area contributed by atoms with E-state index in [1.165, 1.54) is 33.5 Å². The van der Waals surface area contributed by atoms with Gasteiger partial charge in [-0.3, -0.25) is 0 Å². The zero-order valence-electron chi connectivity index (χ0n) is 18.0. The third-order valence-electron chi connectivity index (χ3n) is 3.86. The van der Waals surface area contributed by atoms with Crippen LogP contribution in [0.2, 0.25) is 0 Å². The summed E-state index contributed by atoms with van der Waals surface area (Å²) in [7, 11) is 3.88. The van der Waals surface area contributed by atoms with Crippen molar-refractivity contribution in [2.45, 2.75) is 45.6 Å². The van der Waals surface area contributed by atoms with Crippen LogP contribution in [0.25, 0.3) is 0 Å². The fourth-order valence-electron chi connectivity index (χ4n) is 2.26. The molecule has 162 valence electrons. The molecule has 0 rings (SSSR count). The summed E-state index contributed by atoms with van der Waals surface area (Å²) in [5.41, 5.74) is 0. The van der Waals surface area contributed by atoms with Crippen molar-refractivity contribution in [1.82, 2.24) is 9.80 Å². The van der Waals surface area contributed by atoms with Crippen molar-refractivity contribution in [3.8, 4) is 11.8 Å². The minimum Gasteiger partial charge on any atom is -0.466 e. The second-order valence-corrected chi connectivity index (χ2v) is 6.06. The smallest absolute Gasteiger partial charge is 0.384 e. The van der Waals surface area contributed by atoms with Crippen LogP contribution in [0.5, 0.6) is 0 Å². The molecule has 0 bridgehead atoms. The van der Waals surface area contributed by atoms with Gasteiger partial charge in [0.1, 0.15) is 0 Å². The molecule has 0 N–H and O–H groups in total. The van der Waals surface area contributed by atoms with Crippen molar-refractivity contribution in [3.63, 3.8) is 0 Å². The standard InChI is InChI=1S/C21H32N2O6/c1-6-8-14-22(15-12-20(25)28-4)17-23(16-13-21(26)29-5)18(9-7-2)10-11-19(24)27-3/h12-13,15-16,18H,6-9,14,17H2,1-5H3/b15-12+,16-13+. The quantitative estimate of drug-likeness (QED) is 0.121. The SMILES string of the molecule is CCCCN(/C=C/C(=O)OC)CN(/C=C/C(=O)OC)C(C#CC(=O)OC)CCC. The van der Waals surface area contributed by atoms with Crippen LogP contribution in [-0.2, 0) is 28.6 Å². The van der Waals surface area contributed by atoms with Gasteiger partial charge in [0.05, 0.1) is 34.0 Å². The van der Waals surface area contributed by atoms with E-state index in [1.54, 1.807) is 12.4 Å². The maximum atomic E-state index is 11.6. The average molecular weight is 408 g/mol. The Hall–Kier alpha value is -2.95. The van der Waals surface area contributed by atoms with E-state index in [2.05, 4.69) is 33.0 Å². The highest BCUT2D eigenvalue weighted by atomic mass is 16.5. The molecular weight excluding hydrogens is 376 g/mol. The number of hydrogen-bond acceptors (Lipinski definition) is 8. The van der Waals surface area contributed by atoms with Crippen molar-refractivity contribution in [3.05, 3.63) is 24.6 Å². The minimum absolute atomic E-state index is 0.337. The van der Waals surface area contributed by atoms with E-state index >= 15 is 0 Å². The molecule has 0 radical (unpaired) electrons. The molecule has 0 amide bonds. The molecule has 8 heteroatoms. The van der Waals surface area contributed by atoms with Gasteiger partial charge in [0.15, 0.2) is 0 Å². The van der Waals surface area contributed by atoms with Gasteiger partial charge in [-0.05, 0) is 12.8 Å². The Bertz CT molecular complexity index is 633. The highest BCUT2D eigenvalue weighted by Gasteiger charge is 2.16. The first-order valence-corrected chi connectivity index (χ1v) is 9.53. The summed E-state index contributed by atoms with van der Waals surface area (Å²) in [4.78, 5) is 38.3. The number of carbonyl (C=O) groups excluding carboxylic acids is 3. The molecule has 29 heavy (non-hydrogen) atoms. The van der Waals surface area contributed by atoms with E-state index in [-0.39, 0.29) is 6.04 Å². The van der Waals surface area contributed by atoms with Gasteiger partial charge in [-0.2, -0.15) is 0 Å². The lowest BCUT2D eigenvalue weighted by molar-refractivity contribution is -0.135. The Kier molecular flexibility index (Phi) is 14.4. The molecule has 8 nitrogen and oxygen atoms in total. The van der Waals surface area contributed by atoms with Crippen molar-refractivity contribution >= 4 is 17.9 Å². The molecule has 0 fully saturated rings. The second kappa shape index (κ2) is 16.0. The van der Waals surface area contributed by atoms with Crippen LogP contribution in [0.4, 0.5) is 0 Å². The first-order chi connectivity index (χ1) is 13.9. The molecule has 0 aliphatic carbocycles. The van der Waals surface area contributed by atoms with Crippen molar-refractivity contribution < 1.29 is 28.6 Å². The lowest BCUT2D eigenvalue weighted by Crippen LogP contribution is -2.39. The maximum absolute atomic E-state index is 11.6. The van der Waals surface area contributed by atoms with Gasteiger partial charge >= 0.3 is 17.9 Å². The summed E-state index contributed by atoms with van der Waals surface area (Å²) in [6.45, 7) is 5.11. The number of unbranched alkanes of at least 4 members (excludes halogenated alkanes) is 1. The Balaban J connectivity index is 5.74. The zero-order valence-corrected chi connectivity index (χ0v) is 18.0. The van der Waals surface area contributed by atoms with Gasteiger partial charge in [0.25, 0.3) is 0 Å². The largest absolute Gasteiger partial charge is 0.466 e. The topological polar surface area (TPSA) is 85.4 Å². The third kappa shape index (κ3) is 12.2. The molecule has 0 aliphatic heterocycles. The number of rotatable bonds is 12. The predicted octanol–water partition coefficient (Wildman–Crippen LogP) is 2.07. The monoisotopic (exact) mass is 408 g/mol. The van der Waals surface area contributed by atoms with Gasteiger partial charge in [-0.25, -0.2) is 14.4 Å². The van der Waals surface area contributed by atoms with E-state index in [9.17, 15) is 14.4 Å². The number of carbonyl (C=O) groups is 3. The summed E-state index contributed by atoms with van der Waals surface area (Å²) in [5, 5.41) is 0. The van der Waals surface area contributed by atoms with Crippen LogP contribution in [0.15, 0.2) is 24.6 Å². The van der Waals surface area contributed by atoms with E-state index in [0.717, 1.165) is 19.3 Å². The molecule has 0 aromatic rings. The van der Waals surface area contributed by atoms with Crippen molar-refractivity contribution in [2.75, 3.05) is 34.5 Å². The number of methoxy groups -OCH3 is 3. The molecule has 0 aromatic carbocycles. The molecule has 0 saturated carbocycles. The van der Waals surface area contributed by atoms with Gasteiger partial charge in [0.2, 0.25) is 0 Å². The summed E-state index contributed by atoms with van der Waals surface area (Å²) in [5.74, 6) is 3.78. The van der Waals surface area contributed by atoms with E-state index in [4.69, 9.17) is 0 Å². The second-order valence-electron chi connectivity index (χ2n) is 6.06. The summed E-state index contributed by atoms with van der Waals surface area (Å²) >= 11 is 0. The lowest BCUT2D eigenvalue weighted by Gasteiger charge is -2.32. The average Bonchev–Trinajstić information content (AvgIpc) is 2.74. The van der Waals surface area contributed by atoms with E-state index in [0.29, 0.717) is 19.6 Å². The highest BCUT2D eigenvalue weighted by Crippen LogP contribution is 2.11. The Morgan fingerprint density at radius 3 is 2.07 bits per heavy atom. The lowest BCUT2D eigenvalue weighted by atomic mass is 10.1. The molecule has 0 heterocycles. The van der Waals surface area contributed by atoms with Crippen LogP contribution in [-0.4, -0.2) is 68.3 Å². The van der Waals surface area contributed by atoms with Gasteiger partial charge < -0.3 is 24.0 Å². The van der Waals surface area contributed by atoms with Crippen molar-refractivity contribution in [1.29, 1.82) is 0 Å². The first-order valence-electron chi connectivity index (χ1n) is 9.53. The van der Waals surface area contributed by atoms with Gasteiger partial charge in [-0.1, -0.05) is 32.6 Å². The van der Waals surface area contributed by atoms with Crippen LogP contribution in [0.3, 0.4) is 0 Å². The Labute approximate surface area is 173 Å². The van der Waals surface area contributed by atoms with E-state index in [1.807, 2.05) is 16.7 Å². The first kappa shape index (κ1) is 26.1. The normalized spacial score (nSPS) is 11.5. The summed E-state index contributed by atoms with van der Waals surface area (Å²) in [6, 6.07) is -0.337. The minimum atomic E-state index is -0.628. The van der Waals surface area contributed by atoms with Crippen LogP contribution >= 0.6 is 0 Å². The molecule has 0 saturated heterocycles. The number of ether oxygens (including phenoxy) is 3. The fourth-order valence-corrected chi connectivity index (χ4v) is 2.26.